The van der Waals surface area contributed by atoms with Crippen molar-refractivity contribution in [3.05, 3.63) is 32.2 Å². The summed E-state index contributed by atoms with van der Waals surface area (Å²) in [6.45, 7) is 1.01. The van der Waals surface area contributed by atoms with Gasteiger partial charge in [-0.2, -0.15) is 0 Å². The van der Waals surface area contributed by atoms with Crippen molar-refractivity contribution in [2.24, 2.45) is 0 Å². The Labute approximate surface area is 127 Å². The van der Waals surface area contributed by atoms with Gasteiger partial charge in [-0.1, -0.05) is 43.2 Å². The summed E-state index contributed by atoms with van der Waals surface area (Å²) in [7, 11) is 1.96. The van der Waals surface area contributed by atoms with Crippen molar-refractivity contribution in [3.63, 3.8) is 0 Å². The molecule has 0 atom stereocenters. The largest absolute Gasteiger partial charge is 0.320 e. The maximum absolute atomic E-state index is 4.25. The molecule has 0 aliphatic heterocycles. The number of benzene rings is 1. The molecule has 0 saturated carbocycles. The van der Waals surface area contributed by atoms with Crippen LogP contribution in [0.25, 0.3) is 10.6 Å². The summed E-state index contributed by atoms with van der Waals surface area (Å²) < 4.78 is 2.08. The van der Waals surface area contributed by atoms with Crippen LogP contribution in [0.4, 0.5) is 0 Å². The predicted octanol–water partition coefficient (Wildman–Crippen LogP) is 3.88. The Morgan fingerprint density at radius 2 is 1.89 bits per heavy atom. The van der Waals surface area contributed by atoms with Gasteiger partial charge in [0, 0.05) is 20.9 Å². The summed E-state index contributed by atoms with van der Waals surface area (Å²) in [6.07, 6.45) is 2.07. The third-order valence-electron chi connectivity index (χ3n) is 2.39. The van der Waals surface area contributed by atoms with Crippen molar-refractivity contribution >= 4 is 43.2 Å². The highest BCUT2D eigenvalue weighted by atomic mass is 79.9. The number of nitrogens with zero attached hydrogens (tertiary/aromatic N) is 2. The molecule has 3 nitrogen and oxygen atoms in total. The third-order valence-corrected chi connectivity index (χ3v) is 4.34. The second-order valence-electron chi connectivity index (χ2n) is 3.87. The normalized spacial score (nSPS) is 10.8. The molecule has 0 spiro atoms. The first kappa shape index (κ1) is 14.1. The molecule has 2 rings (SSSR count). The fraction of sp³-hybridized carbons (Fsp3) is 0.333. The van der Waals surface area contributed by atoms with Crippen LogP contribution in [-0.2, 0) is 6.42 Å². The van der Waals surface area contributed by atoms with Crippen molar-refractivity contribution in [3.8, 4) is 10.6 Å². The SMILES string of the molecule is CNCCCc1nnc(-c2cc(Br)cc(Br)c2)s1. The number of rotatable bonds is 5. The highest BCUT2D eigenvalue weighted by molar-refractivity contribution is 9.11. The van der Waals surface area contributed by atoms with Crippen LogP contribution in [0.2, 0.25) is 0 Å². The minimum absolute atomic E-state index is 0.969. The highest BCUT2D eigenvalue weighted by Crippen LogP contribution is 2.29. The monoisotopic (exact) mass is 389 g/mol. The van der Waals surface area contributed by atoms with E-state index in [9.17, 15) is 0 Å². The lowest BCUT2D eigenvalue weighted by atomic mass is 10.2. The Kier molecular flexibility index (Phi) is 5.29. The first-order chi connectivity index (χ1) is 8.69. The lowest BCUT2D eigenvalue weighted by Gasteiger charge is -1.98. The molecule has 1 aromatic carbocycles. The molecule has 1 heterocycles. The molecule has 1 N–H and O–H groups in total. The van der Waals surface area contributed by atoms with Crippen LogP contribution in [0.1, 0.15) is 11.4 Å². The molecule has 2 aromatic rings. The van der Waals surface area contributed by atoms with Gasteiger partial charge in [-0.3, -0.25) is 0 Å². The van der Waals surface area contributed by atoms with E-state index in [0.29, 0.717) is 0 Å². The van der Waals surface area contributed by atoms with Crippen LogP contribution < -0.4 is 5.32 Å². The fourth-order valence-corrected chi connectivity index (χ4v) is 3.73. The van der Waals surface area contributed by atoms with Gasteiger partial charge < -0.3 is 5.32 Å². The molecular weight excluding hydrogens is 378 g/mol. The van der Waals surface area contributed by atoms with Crippen molar-refractivity contribution in [1.29, 1.82) is 0 Å². The van der Waals surface area contributed by atoms with E-state index in [4.69, 9.17) is 0 Å². The lowest BCUT2D eigenvalue weighted by molar-refractivity contribution is 0.718. The van der Waals surface area contributed by atoms with Gasteiger partial charge in [0.15, 0.2) is 0 Å². The van der Waals surface area contributed by atoms with Crippen LogP contribution in [-0.4, -0.2) is 23.8 Å². The lowest BCUT2D eigenvalue weighted by Crippen LogP contribution is -2.08. The van der Waals surface area contributed by atoms with E-state index in [1.807, 2.05) is 13.1 Å². The number of halogens is 2. The van der Waals surface area contributed by atoms with Crippen molar-refractivity contribution in [2.75, 3.05) is 13.6 Å². The first-order valence-corrected chi connectivity index (χ1v) is 8.03. The summed E-state index contributed by atoms with van der Waals surface area (Å²) >= 11 is 8.64. The Morgan fingerprint density at radius 1 is 1.17 bits per heavy atom. The molecule has 0 aliphatic carbocycles. The molecule has 0 amide bonds. The van der Waals surface area contributed by atoms with E-state index < -0.39 is 0 Å². The maximum Gasteiger partial charge on any atom is 0.147 e. The number of hydrogen-bond donors (Lipinski definition) is 1. The Hall–Kier alpha value is -0.300. The zero-order valence-corrected chi connectivity index (χ0v) is 13.9. The summed E-state index contributed by atoms with van der Waals surface area (Å²) in [6, 6.07) is 6.13. The molecule has 96 valence electrons. The minimum Gasteiger partial charge on any atom is -0.320 e. The van der Waals surface area contributed by atoms with E-state index in [1.165, 1.54) is 0 Å². The summed E-state index contributed by atoms with van der Waals surface area (Å²) in [5.74, 6) is 0. The molecule has 18 heavy (non-hydrogen) atoms. The topological polar surface area (TPSA) is 37.8 Å². The number of aromatic nitrogens is 2. The third kappa shape index (κ3) is 3.85. The molecular formula is C12H13Br2N3S. The fourth-order valence-electron chi connectivity index (χ4n) is 1.56. The zero-order chi connectivity index (χ0) is 13.0. The maximum atomic E-state index is 4.25. The van der Waals surface area contributed by atoms with Gasteiger partial charge in [0.05, 0.1) is 0 Å². The summed E-state index contributed by atoms with van der Waals surface area (Å²) in [5.41, 5.74) is 1.09. The molecule has 0 radical (unpaired) electrons. The van der Waals surface area contributed by atoms with Gasteiger partial charge >= 0.3 is 0 Å². The van der Waals surface area contributed by atoms with E-state index in [0.717, 1.165) is 43.9 Å². The van der Waals surface area contributed by atoms with E-state index in [1.54, 1.807) is 11.3 Å². The zero-order valence-electron chi connectivity index (χ0n) is 9.91. The van der Waals surface area contributed by atoms with Crippen molar-refractivity contribution in [1.82, 2.24) is 15.5 Å². The van der Waals surface area contributed by atoms with Gasteiger partial charge in [0.25, 0.3) is 0 Å². The van der Waals surface area contributed by atoms with E-state index in [-0.39, 0.29) is 0 Å². The molecule has 0 aliphatic rings. The van der Waals surface area contributed by atoms with Crippen LogP contribution in [0.5, 0.6) is 0 Å². The van der Waals surface area contributed by atoms with Crippen LogP contribution in [0, 0.1) is 0 Å². The smallest absolute Gasteiger partial charge is 0.147 e. The molecule has 1 aromatic heterocycles. The van der Waals surface area contributed by atoms with E-state index >= 15 is 0 Å². The first-order valence-electron chi connectivity index (χ1n) is 5.62. The number of aryl methyl sites for hydroxylation is 1. The Balaban J connectivity index is 2.13. The highest BCUT2D eigenvalue weighted by Gasteiger charge is 2.08. The number of nitrogens with one attached hydrogen (secondary N) is 1. The van der Waals surface area contributed by atoms with Crippen molar-refractivity contribution in [2.45, 2.75) is 12.8 Å². The molecule has 0 unspecified atom stereocenters. The standard InChI is InChI=1S/C12H13Br2N3S/c1-15-4-2-3-11-16-17-12(18-11)8-5-9(13)7-10(14)6-8/h5-7,15H,2-4H2,1H3. The Morgan fingerprint density at radius 3 is 2.56 bits per heavy atom. The number of hydrogen-bond acceptors (Lipinski definition) is 4. The Bertz CT molecular complexity index is 508. The second kappa shape index (κ2) is 6.75. The predicted molar refractivity (Wildman–Crippen MR) is 83.0 cm³/mol. The minimum atomic E-state index is 0.969. The van der Waals surface area contributed by atoms with Gasteiger partial charge in [-0.25, -0.2) is 0 Å². The van der Waals surface area contributed by atoms with E-state index in [2.05, 4.69) is 59.5 Å². The summed E-state index contributed by atoms with van der Waals surface area (Å²) in [5, 5.41) is 13.7. The average Bonchev–Trinajstić information content (AvgIpc) is 2.77. The molecule has 0 saturated heterocycles. The average molecular weight is 391 g/mol. The van der Waals surface area contributed by atoms with Crippen molar-refractivity contribution < 1.29 is 0 Å². The van der Waals surface area contributed by atoms with Gasteiger partial charge in [0.2, 0.25) is 0 Å². The second-order valence-corrected chi connectivity index (χ2v) is 6.76. The molecule has 0 fully saturated rings. The van der Waals surface area contributed by atoms with Gasteiger partial charge in [0.1, 0.15) is 10.0 Å². The summed E-state index contributed by atoms with van der Waals surface area (Å²) in [4.78, 5) is 0. The molecule has 0 bridgehead atoms. The molecule has 6 heteroatoms. The van der Waals surface area contributed by atoms with Crippen LogP contribution in [0.15, 0.2) is 27.1 Å². The van der Waals surface area contributed by atoms with Gasteiger partial charge in [-0.05, 0) is 38.2 Å². The van der Waals surface area contributed by atoms with Crippen LogP contribution >= 0.6 is 43.2 Å². The van der Waals surface area contributed by atoms with Crippen LogP contribution in [0.3, 0.4) is 0 Å². The van der Waals surface area contributed by atoms with Gasteiger partial charge in [-0.15, -0.1) is 10.2 Å². The quantitative estimate of drug-likeness (QED) is 0.787.